The molecular formula is C8H12N3O3S+. The third-order valence-electron chi connectivity index (χ3n) is 2.02. The summed E-state index contributed by atoms with van der Waals surface area (Å²) < 4.78 is 24.6. The van der Waals surface area contributed by atoms with Gasteiger partial charge < -0.3 is 6.15 Å². The van der Waals surface area contributed by atoms with Crippen LogP contribution in [-0.4, -0.2) is 19.3 Å². The second-order valence-corrected chi connectivity index (χ2v) is 4.79. The van der Waals surface area contributed by atoms with Crippen LogP contribution in [0.15, 0.2) is 11.1 Å². The molecule has 0 atom stereocenters. The van der Waals surface area contributed by atoms with E-state index in [0.717, 1.165) is 0 Å². The van der Waals surface area contributed by atoms with E-state index in [1.54, 1.807) is 19.9 Å². The van der Waals surface area contributed by atoms with Gasteiger partial charge in [0.25, 0.3) is 15.9 Å². The number of hydrogen-bond donors (Lipinski definition) is 2. The monoisotopic (exact) mass is 230 g/mol. The molecule has 2 rings (SSSR count). The number of quaternary nitrogens is 1. The van der Waals surface area contributed by atoms with Gasteiger partial charge in [0.1, 0.15) is 0 Å². The number of aryl methyl sites for hydroxylation is 2. The summed E-state index contributed by atoms with van der Waals surface area (Å²) >= 11 is 0. The molecule has 1 aromatic rings. The molecule has 82 valence electrons. The van der Waals surface area contributed by atoms with Crippen molar-refractivity contribution in [3.63, 3.8) is 0 Å². The van der Waals surface area contributed by atoms with Crippen LogP contribution in [0.1, 0.15) is 21.6 Å². The van der Waals surface area contributed by atoms with E-state index in [2.05, 4.69) is 4.98 Å². The zero-order valence-electron chi connectivity index (χ0n) is 8.66. The number of carbonyl (C=O) groups is 1. The first-order chi connectivity index (χ1) is 6.42. The van der Waals surface area contributed by atoms with Gasteiger partial charge in [0.05, 0.1) is 5.56 Å². The summed E-state index contributed by atoms with van der Waals surface area (Å²) in [6, 6.07) is 1.68. The molecule has 1 aliphatic rings. The number of aromatic nitrogens is 1. The minimum atomic E-state index is -3.71. The highest BCUT2D eigenvalue weighted by Gasteiger charge is 2.35. The van der Waals surface area contributed by atoms with E-state index in [1.165, 1.54) is 0 Å². The van der Waals surface area contributed by atoms with Crippen molar-refractivity contribution in [2.24, 2.45) is 0 Å². The molecule has 0 saturated heterocycles. The fraction of sp³-hybridized carbons (Fsp3) is 0.250. The number of nitrogens with one attached hydrogen (secondary N) is 1. The van der Waals surface area contributed by atoms with Gasteiger partial charge in [-0.2, -0.15) is 8.42 Å². The predicted octanol–water partition coefficient (Wildman–Crippen LogP) is 0.507. The van der Waals surface area contributed by atoms with Gasteiger partial charge in [-0.05, 0) is 25.5 Å². The van der Waals surface area contributed by atoms with Crippen LogP contribution in [0.2, 0.25) is 0 Å². The first kappa shape index (κ1) is 11.6. The highest BCUT2D eigenvalue weighted by molar-refractivity contribution is 7.90. The number of carbonyl (C=O) groups excluding carboxylic acids is 1. The fourth-order valence-corrected chi connectivity index (χ4v) is 2.72. The molecular weight excluding hydrogens is 218 g/mol. The smallest absolute Gasteiger partial charge is 0.282 e. The summed E-state index contributed by atoms with van der Waals surface area (Å²) in [5.74, 6) is -0.593. The first-order valence-corrected chi connectivity index (χ1v) is 5.45. The average Bonchev–Trinajstić information content (AvgIpc) is 2.21. The van der Waals surface area contributed by atoms with Crippen LogP contribution in [0, 0.1) is 13.8 Å². The second-order valence-electron chi connectivity index (χ2n) is 3.20. The highest BCUT2D eigenvalue weighted by atomic mass is 32.2. The molecule has 5 N–H and O–H groups in total. The quantitative estimate of drug-likeness (QED) is 0.675. The molecule has 0 aromatic carbocycles. The third kappa shape index (κ3) is 1.59. The standard InChI is InChI=1S/C8H8N2O3S.H3N/c1-4-3-5(2)9-8-6(4)7(11)10-14(8,12)13;/h3H,1-2H3,(H,10,11);1H3/p+1. The Balaban J connectivity index is 0.00000112. The van der Waals surface area contributed by atoms with Crippen molar-refractivity contribution in [3.05, 3.63) is 22.9 Å². The van der Waals surface area contributed by atoms with Crippen molar-refractivity contribution in [1.29, 1.82) is 0 Å². The summed E-state index contributed by atoms with van der Waals surface area (Å²) in [5.41, 5.74) is 1.38. The lowest BCUT2D eigenvalue weighted by atomic mass is 10.1. The van der Waals surface area contributed by atoms with Crippen LogP contribution >= 0.6 is 0 Å². The number of fused-ring (bicyclic) bond motifs is 1. The molecule has 0 fully saturated rings. The predicted molar refractivity (Wildman–Crippen MR) is 54.3 cm³/mol. The lowest BCUT2D eigenvalue weighted by Crippen LogP contribution is -2.21. The molecule has 6 nitrogen and oxygen atoms in total. The molecule has 0 aliphatic carbocycles. The minimum Gasteiger partial charge on any atom is -0.369 e. The van der Waals surface area contributed by atoms with Crippen LogP contribution in [0.4, 0.5) is 0 Å². The van der Waals surface area contributed by atoms with Crippen molar-refractivity contribution in [1.82, 2.24) is 15.9 Å². The number of nitrogens with zero attached hydrogens (tertiary/aromatic N) is 1. The Hall–Kier alpha value is -1.47. The maximum atomic E-state index is 11.4. The van der Waals surface area contributed by atoms with E-state index in [4.69, 9.17) is 0 Å². The summed E-state index contributed by atoms with van der Waals surface area (Å²) in [4.78, 5) is 15.1. The van der Waals surface area contributed by atoms with Crippen molar-refractivity contribution >= 4 is 15.9 Å². The van der Waals surface area contributed by atoms with E-state index in [-0.39, 0.29) is 16.7 Å². The first-order valence-electron chi connectivity index (χ1n) is 3.97. The zero-order chi connectivity index (χ0) is 10.5. The van der Waals surface area contributed by atoms with Gasteiger partial charge in [-0.15, -0.1) is 0 Å². The average molecular weight is 230 g/mol. The topological polar surface area (TPSA) is 113 Å². The van der Waals surface area contributed by atoms with Crippen molar-refractivity contribution in [2.45, 2.75) is 18.9 Å². The molecule has 1 aromatic heterocycles. The summed E-state index contributed by atoms with van der Waals surface area (Å²) in [6.07, 6.45) is 0. The van der Waals surface area contributed by atoms with Crippen LogP contribution in [-0.2, 0) is 10.0 Å². The van der Waals surface area contributed by atoms with Crippen molar-refractivity contribution < 1.29 is 13.2 Å². The highest BCUT2D eigenvalue weighted by Crippen LogP contribution is 2.23. The molecule has 0 spiro atoms. The molecule has 0 saturated carbocycles. The SMILES string of the molecule is Cc1cc(C)c2c(n1)S(=O)(=O)NC2=O.[NH4+]. The summed E-state index contributed by atoms with van der Waals surface area (Å²) in [6.45, 7) is 3.37. The molecule has 2 heterocycles. The second kappa shape index (κ2) is 3.28. The Bertz CT molecular complexity index is 536. The Morgan fingerprint density at radius 1 is 1.33 bits per heavy atom. The van der Waals surface area contributed by atoms with E-state index in [1.807, 2.05) is 4.72 Å². The molecule has 1 amide bonds. The van der Waals surface area contributed by atoms with Gasteiger partial charge in [0.15, 0.2) is 5.03 Å². The zero-order valence-corrected chi connectivity index (χ0v) is 9.47. The number of hydrogen-bond acceptors (Lipinski definition) is 4. The van der Waals surface area contributed by atoms with E-state index in [0.29, 0.717) is 11.3 Å². The number of sulfonamides is 1. The van der Waals surface area contributed by atoms with Gasteiger partial charge in [0, 0.05) is 5.69 Å². The fourth-order valence-electron chi connectivity index (χ4n) is 1.49. The Morgan fingerprint density at radius 3 is 2.53 bits per heavy atom. The van der Waals surface area contributed by atoms with Gasteiger partial charge in [-0.25, -0.2) is 9.71 Å². The molecule has 0 radical (unpaired) electrons. The normalized spacial score (nSPS) is 16.5. The maximum Gasteiger partial charge on any atom is 0.282 e. The molecule has 7 heteroatoms. The number of pyridine rings is 1. The molecule has 0 bridgehead atoms. The Kier molecular flexibility index (Phi) is 2.54. The van der Waals surface area contributed by atoms with Crippen LogP contribution < -0.4 is 10.9 Å². The summed E-state index contributed by atoms with van der Waals surface area (Å²) in [7, 11) is -3.71. The molecule has 1 aliphatic heterocycles. The van der Waals surface area contributed by atoms with E-state index < -0.39 is 15.9 Å². The van der Waals surface area contributed by atoms with E-state index >= 15 is 0 Å². The van der Waals surface area contributed by atoms with Gasteiger partial charge >= 0.3 is 0 Å². The van der Waals surface area contributed by atoms with Crippen LogP contribution in [0.5, 0.6) is 0 Å². The largest absolute Gasteiger partial charge is 0.369 e. The van der Waals surface area contributed by atoms with Gasteiger partial charge in [-0.3, -0.25) is 4.79 Å². The van der Waals surface area contributed by atoms with Crippen molar-refractivity contribution in [3.8, 4) is 0 Å². The van der Waals surface area contributed by atoms with E-state index in [9.17, 15) is 13.2 Å². The molecule has 0 unspecified atom stereocenters. The number of amides is 1. The number of rotatable bonds is 0. The van der Waals surface area contributed by atoms with Gasteiger partial charge in [-0.1, -0.05) is 0 Å². The van der Waals surface area contributed by atoms with Crippen molar-refractivity contribution in [2.75, 3.05) is 0 Å². The minimum absolute atomic E-state index is 0. The Morgan fingerprint density at radius 2 is 1.93 bits per heavy atom. The summed E-state index contributed by atoms with van der Waals surface area (Å²) in [5, 5.41) is -0.153. The lowest BCUT2D eigenvalue weighted by molar-refractivity contribution is 0.0984. The Labute approximate surface area is 87.3 Å². The van der Waals surface area contributed by atoms with Gasteiger partial charge in [0.2, 0.25) is 0 Å². The maximum absolute atomic E-state index is 11.4. The van der Waals surface area contributed by atoms with Crippen LogP contribution in [0.3, 0.4) is 0 Å². The lowest BCUT2D eigenvalue weighted by Gasteiger charge is -2.00. The third-order valence-corrected chi connectivity index (χ3v) is 3.28. The van der Waals surface area contributed by atoms with Crippen LogP contribution in [0.25, 0.3) is 0 Å². The molecule has 15 heavy (non-hydrogen) atoms.